The summed E-state index contributed by atoms with van der Waals surface area (Å²) in [7, 11) is 0. The van der Waals surface area contributed by atoms with Gasteiger partial charge in [-0.25, -0.2) is 29.8 Å². The summed E-state index contributed by atoms with van der Waals surface area (Å²) < 4.78 is 17.7. The highest BCUT2D eigenvalue weighted by atomic mass is 35.5. The fourth-order valence-corrected chi connectivity index (χ4v) is 3.16. The first-order chi connectivity index (χ1) is 18.0. The van der Waals surface area contributed by atoms with Gasteiger partial charge >= 0.3 is 0 Å². The summed E-state index contributed by atoms with van der Waals surface area (Å²) in [6.07, 6.45) is 7.30. The Morgan fingerprint density at radius 1 is 1.16 bits per heavy atom. The van der Waals surface area contributed by atoms with E-state index in [1.165, 1.54) is 19.5 Å². The number of benzene rings is 1. The fourth-order valence-electron chi connectivity index (χ4n) is 2.92. The molecule has 0 unspecified atom stereocenters. The summed E-state index contributed by atoms with van der Waals surface area (Å²) in [5.74, 6) is -0.396. The molecule has 3 heterocycles. The Kier molecular flexibility index (Phi) is 11.3. The Hall–Kier alpha value is -4.06. The number of guanidine groups is 1. The van der Waals surface area contributed by atoms with E-state index in [4.69, 9.17) is 16.3 Å². The molecule has 0 saturated carbocycles. The minimum Gasteiger partial charge on any atom is -0.379 e. The number of ether oxygens (including phenoxy) is 1. The Morgan fingerprint density at radius 3 is 2.59 bits per heavy atom. The highest BCUT2D eigenvalue weighted by Crippen LogP contribution is 2.27. The first-order valence-corrected chi connectivity index (χ1v) is 11.7. The van der Waals surface area contributed by atoms with E-state index in [0.29, 0.717) is 10.7 Å². The standard InChI is InChI=1S/C21H18ClFN8.C4H9NO/c1-14(23)10-27-21(24-2)31-29-12-17-3-4-18(11-26-17)30-19-8-15(7-16(22)9-19)20-5-6-25-13-28-20;1-3-6-4-2-5-1/h3-13,30H,2H2,1H3,(H,27,31);5H,1-4H2/b14-10+,29-12+;. The van der Waals surface area contributed by atoms with Crippen molar-refractivity contribution in [1.29, 1.82) is 0 Å². The van der Waals surface area contributed by atoms with E-state index in [1.807, 2.05) is 30.3 Å². The van der Waals surface area contributed by atoms with Crippen molar-refractivity contribution < 1.29 is 9.13 Å². The molecular weight excluding hydrogens is 497 g/mol. The summed E-state index contributed by atoms with van der Waals surface area (Å²) in [5.41, 5.74) is 6.34. The molecule has 1 aromatic carbocycles. The number of aromatic nitrogens is 3. The van der Waals surface area contributed by atoms with Crippen molar-refractivity contribution in [2.24, 2.45) is 15.1 Å². The van der Waals surface area contributed by atoms with E-state index in [-0.39, 0.29) is 5.96 Å². The molecule has 1 aliphatic heterocycles. The minimum absolute atomic E-state index is 0.0620. The molecule has 3 aromatic rings. The number of pyridine rings is 1. The molecule has 2 aromatic heterocycles. The molecule has 192 valence electrons. The van der Waals surface area contributed by atoms with Crippen LogP contribution in [0.5, 0.6) is 0 Å². The molecule has 0 aliphatic carbocycles. The van der Waals surface area contributed by atoms with Gasteiger partial charge in [0, 0.05) is 35.6 Å². The van der Waals surface area contributed by atoms with Crippen LogP contribution >= 0.6 is 11.6 Å². The number of halogens is 2. The number of aliphatic imine (C=N–C) groups is 2. The van der Waals surface area contributed by atoms with Gasteiger partial charge in [0.15, 0.2) is 0 Å². The van der Waals surface area contributed by atoms with Crippen molar-refractivity contribution in [2.75, 3.05) is 31.6 Å². The number of morpholine rings is 1. The Labute approximate surface area is 219 Å². The molecule has 37 heavy (non-hydrogen) atoms. The third kappa shape index (κ3) is 10.2. The molecule has 1 saturated heterocycles. The summed E-state index contributed by atoms with van der Waals surface area (Å²) in [5, 5.41) is 11.0. The molecule has 4 rings (SSSR count). The zero-order chi connectivity index (χ0) is 26.3. The summed E-state index contributed by atoms with van der Waals surface area (Å²) in [6, 6.07) is 11.0. The molecule has 0 atom stereocenters. The molecule has 0 amide bonds. The van der Waals surface area contributed by atoms with Crippen LogP contribution in [0.2, 0.25) is 5.02 Å². The lowest BCUT2D eigenvalue weighted by atomic mass is 10.1. The lowest BCUT2D eigenvalue weighted by Gasteiger charge is -2.10. The van der Waals surface area contributed by atoms with Gasteiger partial charge < -0.3 is 15.4 Å². The van der Waals surface area contributed by atoms with Crippen LogP contribution in [-0.4, -0.2) is 60.1 Å². The highest BCUT2D eigenvalue weighted by molar-refractivity contribution is 6.31. The van der Waals surface area contributed by atoms with E-state index in [2.05, 4.69) is 52.8 Å². The van der Waals surface area contributed by atoms with Gasteiger partial charge in [-0.05, 0) is 50.0 Å². The fraction of sp³-hybridized carbons (Fsp3) is 0.200. The van der Waals surface area contributed by atoms with E-state index in [9.17, 15) is 4.39 Å². The van der Waals surface area contributed by atoms with E-state index in [0.717, 1.165) is 55.1 Å². The average Bonchev–Trinajstić information content (AvgIpc) is 2.93. The van der Waals surface area contributed by atoms with Crippen LogP contribution in [0.4, 0.5) is 15.8 Å². The van der Waals surface area contributed by atoms with Crippen LogP contribution in [0.1, 0.15) is 12.6 Å². The molecule has 1 fully saturated rings. The summed E-state index contributed by atoms with van der Waals surface area (Å²) in [4.78, 5) is 19.8. The van der Waals surface area contributed by atoms with Crippen LogP contribution < -0.4 is 16.1 Å². The van der Waals surface area contributed by atoms with Crippen molar-refractivity contribution >= 4 is 41.9 Å². The van der Waals surface area contributed by atoms with Gasteiger partial charge in [0.05, 0.1) is 48.9 Å². The number of rotatable bonds is 6. The maximum absolute atomic E-state index is 12.7. The summed E-state index contributed by atoms with van der Waals surface area (Å²) >= 11 is 6.26. The quantitative estimate of drug-likeness (QED) is 0.249. The lowest BCUT2D eigenvalue weighted by Crippen LogP contribution is -2.30. The lowest BCUT2D eigenvalue weighted by molar-refractivity contribution is 0.109. The number of nitrogens with zero attached hydrogens (tertiary/aromatic N) is 6. The Morgan fingerprint density at radius 2 is 2.00 bits per heavy atom. The normalized spacial score (nSPS) is 14.0. The molecule has 10 nitrogen and oxygen atoms in total. The van der Waals surface area contributed by atoms with Crippen LogP contribution in [0.25, 0.3) is 11.3 Å². The number of allylic oxidation sites excluding steroid dienone is 1. The van der Waals surface area contributed by atoms with Crippen LogP contribution in [0.15, 0.2) is 82.2 Å². The zero-order valence-electron chi connectivity index (χ0n) is 20.2. The number of anilines is 2. The molecule has 0 radical (unpaired) electrons. The molecule has 3 N–H and O–H groups in total. The molecule has 0 bridgehead atoms. The predicted octanol–water partition coefficient (Wildman–Crippen LogP) is 4.35. The van der Waals surface area contributed by atoms with Gasteiger partial charge in [0.25, 0.3) is 0 Å². The SMILES string of the molecule is C1COCCN1.C=NC(=N/C=C(\C)F)N/N=C/c1ccc(Nc2cc(Cl)cc(-c3ccncn3)c2)cn1. The smallest absolute Gasteiger partial charge is 0.242 e. The third-order valence-electron chi connectivity index (χ3n) is 4.57. The second kappa shape index (κ2) is 15.1. The van der Waals surface area contributed by atoms with Gasteiger partial charge in [-0.3, -0.25) is 4.98 Å². The highest BCUT2D eigenvalue weighted by Gasteiger charge is 2.04. The van der Waals surface area contributed by atoms with Crippen LogP contribution in [0, 0.1) is 0 Å². The first-order valence-electron chi connectivity index (χ1n) is 11.3. The zero-order valence-corrected chi connectivity index (χ0v) is 21.0. The van der Waals surface area contributed by atoms with Gasteiger partial charge in [-0.1, -0.05) is 11.6 Å². The Balaban J connectivity index is 0.000000555. The number of nitrogens with one attached hydrogen (secondary N) is 3. The average molecular weight is 524 g/mol. The van der Waals surface area contributed by atoms with E-state index >= 15 is 0 Å². The van der Waals surface area contributed by atoms with Crippen LogP contribution in [0.3, 0.4) is 0 Å². The van der Waals surface area contributed by atoms with Crippen molar-refractivity contribution in [3.05, 3.63) is 77.9 Å². The summed E-state index contributed by atoms with van der Waals surface area (Å²) in [6.45, 7) is 8.44. The number of hydrogen-bond acceptors (Lipinski definition) is 8. The second-order valence-electron chi connectivity index (χ2n) is 7.48. The van der Waals surface area contributed by atoms with Crippen molar-refractivity contribution in [1.82, 2.24) is 25.7 Å². The van der Waals surface area contributed by atoms with Crippen molar-refractivity contribution in [3.8, 4) is 11.3 Å². The first kappa shape index (κ1) is 27.5. The molecule has 12 heteroatoms. The van der Waals surface area contributed by atoms with Gasteiger partial charge in [0.1, 0.15) is 12.2 Å². The maximum atomic E-state index is 12.7. The third-order valence-corrected chi connectivity index (χ3v) is 4.79. The van der Waals surface area contributed by atoms with Gasteiger partial charge in [-0.15, -0.1) is 0 Å². The molecule has 0 spiro atoms. The second-order valence-corrected chi connectivity index (χ2v) is 7.92. The monoisotopic (exact) mass is 523 g/mol. The molecule has 1 aliphatic rings. The number of hydrazone groups is 1. The van der Waals surface area contributed by atoms with E-state index in [1.54, 1.807) is 18.5 Å². The Bertz CT molecular complexity index is 1220. The minimum atomic E-state index is -0.458. The predicted molar refractivity (Wildman–Crippen MR) is 146 cm³/mol. The van der Waals surface area contributed by atoms with Crippen molar-refractivity contribution in [3.63, 3.8) is 0 Å². The maximum Gasteiger partial charge on any atom is 0.242 e. The molecular formula is C25H27ClFN9O. The van der Waals surface area contributed by atoms with Crippen molar-refractivity contribution in [2.45, 2.75) is 6.92 Å². The number of hydrogen-bond donors (Lipinski definition) is 3. The topological polar surface area (TPSA) is 121 Å². The largest absolute Gasteiger partial charge is 0.379 e. The van der Waals surface area contributed by atoms with Gasteiger partial charge in [0.2, 0.25) is 5.96 Å². The van der Waals surface area contributed by atoms with Crippen LogP contribution in [-0.2, 0) is 4.74 Å². The van der Waals surface area contributed by atoms with E-state index < -0.39 is 5.83 Å². The van der Waals surface area contributed by atoms with Gasteiger partial charge in [-0.2, -0.15) is 5.10 Å².